The molecular formula is C27H29N5O4. The number of carboxylic acid groups (broad SMARTS) is 1. The van der Waals surface area contributed by atoms with Crippen molar-refractivity contribution in [3.8, 4) is 6.07 Å². The highest BCUT2D eigenvalue weighted by atomic mass is 16.5. The Morgan fingerprint density at radius 3 is 2.64 bits per heavy atom. The first-order chi connectivity index (χ1) is 17.4. The van der Waals surface area contributed by atoms with Gasteiger partial charge in [-0.1, -0.05) is 6.07 Å². The SMILES string of the molecule is COC(=O)N1c2ccc3c(nc(Nc4cccc(C#N)c4)n3[C@H]3CC[C@H](C(=O)O)CC3)c2CC[C@@H]1C. The molecule has 36 heavy (non-hydrogen) atoms. The van der Waals surface area contributed by atoms with Crippen LogP contribution in [0.3, 0.4) is 0 Å². The fourth-order valence-electron chi connectivity index (χ4n) is 5.61. The average molecular weight is 488 g/mol. The maximum atomic E-state index is 12.6. The maximum absolute atomic E-state index is 12.6. The molecular weight excluding hydrogens is 458 g/mol. The molecule has 1 aromatic heterocycles. The lowest BCUT2D eigenvalue weighted by Gasteiger charge is -2.34. The molecule has 0 radical (unpaired) electrons. The summed E-state index contributed by atoms with van der Waals surface area (Å²) in [7, 11) is 1.39. The van der Waals surface area contributed by atoms with Crippen molar-refractivity contribution in [1.29, 1.82) is 5.26 Å². The number of hydrogen-bond donors (Lipinski definition) is 2. The lowest BCUT2D eigenvalue weighted by atomic mass is 9.86. The topological polar surface area (TPSA) is 120 Å². The zero-order valence-electron chi connectivity index (χ0n) is 20.4. The van der Waals surface area contributed by atoms with E-state index in [-0.39, 0.29) is 24.1 Å². The van der Waals surface area contributed by atoms with E-state index in [0.29, 0.717) is 24.4 Å². The van der Waals surface area contributed by atoms with Crippen molar-refractivity contribution >= 4 is 40.4 Å². The number of nitrogens with zero attached hydrogens (tertiary/aromatic N) is 4. The smallest absolute Gasteiger partial charge is 0.414 e. The van der Waals surface area contributed by atoms with Crippen LogP contribution in [0.1, 0.15) is 56.2 Å². The molecule has 0 spiro atoms. The van der Waals surface area contributed by atoms with Crippen LogP contribution in [0.2, 0.25) is 0 Å². The Labute approximate surface area is 209 Å². The van der Waals surface area contributed by atoms with E-state index in [2.05, 4.69) is 16.0 Å². The highest BCUT2D eigenvalue weighted by Gasteiger charge is 2.33. The molecule has 2 aromatic carbocycles. The molecule has 9 nitrogen and oxygen atoms in total. The number of hydrogen-bond acceptors (Lipinski definition) is 6. The molecule has 1 aliphatic heterocycles. The second kappa shape index (κ2) is 9.53. The molecule has 1 aliphatic carbocycles. The minimum Gasteiger partial charge on any atom is -0.481 e. The molecule has 2 N–H and O–H groups in total. The van der Waals surface area contributed by atoms with Crippen LogP contribution in [0.5, 0.6) is 0 Å². The number of amides is 1. The van der Waals surface area contributed by atoms with E-state index in [0.717, 1.165) is 53.7 Å². The summed E-state index contributed by atoms with van der Waals surface area (Å²) < 4.78 is 7.23. The van der Waals surface area contributed by atoms with Crippen molar-refractivity contribution in [3.63, 3.8) is 0 Å². The average Bonchev–Trinajstić information content (AvgIpc) is 3.26. The quantitative estimate of drug-likeness (QED) is 0.507. The number of benzene rings is 2. The number of imidazole rings is 1. The number of aryl methyl sites for hydroxylation is 1. The Morgan fingerprint density at radius 1 is 1.17 bits per heavy atom. The van der Waals surface area contributed by atoms with E-state index >= 15 is 0 Å². The van der Waals surface area contributed by atoms with Crippen LogP contribution in [0, 0.1) is 17.2 Å². The van der Waals surface area contributed by atoms with E-state index < -0.39 is 5.97 Å². The third-order valence-corrected chi connectivity index (χ3v) is 7.48. The lowest BCUT2D eigenvalue weighted by Crippen LogP contribution is -2.42. The van der Waals surface area contributed by atoms with Crippen LogP contribution >= 0.6 is 0 Å². The Bertz CT molecular complexity index is 1370. The molecule has 1 atom stereocenters. The highest BCUT2D eigenvalue weighted by molar-refractivity contribution is 5.96. The molecule has 186 valence electrons. The molecule has 2 heterocycles. The van der Waals surface area contributed by atoms with Crippen molar-refractivity contribution < 1.29 is 19.4 Å². The number of methoxy groups -OCH3 is 1. The third kappa shape index (κ3) is 4.13. The van der Waals surface area contributed by atoms with Gasteiger partial charge in [-0.25, -0.2) is 9.78 Å². The van der Waals surface area contributed by atoms with Gasteiger partial charge in [-0.05, 0) is 75.8 Å². The van der Waals surface area contributed by atoms with Gasteiger partial charge in [0.2, 0.25) is 5.95 Å². The van der Waals surface area contributed by atoms with Crippen molar-refractivity contribution in [2.45, 2.75) is 57.5 Å². The molecule has 0 bridgehead atoms. The maximum Gasteiger partial charge on any atom is 0.414 e. The van der Waals surface area contributed by atoms with E-state index in [1.807, 2.05) is 31.2 Å². The second-order valence-electron chi connectivity index (χ2n) is 9.63. The molecule has 0 unspecified atom stereocenters. The fraction of sp³-hybridized carbons (Fsp3) is 0.407. The normalized spacial score (nSPS) is 21.5. The fourth-order valence-corrected chi connectivity index (χ4v) is 5.61. The summed E-state index contributed by atoms with van der Waals surface area (Å²) in [6.07, 6.45) is 3.89. The highest BCUT2D eigenvalue weighted by Crippen LogP contribution is 2.41. The Kier molecular flexibility index (Phi) is 6.27. The Balaban J connectivity index is 1.62. The summed E-state index contributed by atoms with van der Waals surface area (Å²) >= 11 is 0. The van der Waals surface area contributed by atoms with Crippen molar-refractivity contribution in [2.24, 2.45) is 5.92 Å². The van der Waals surface area contributed by atoms with Gasteiger partial charge in [0.05, 0.1) is 41.4 Å². The van der Waals surface area contributed by atoms with Crippen LogP contribution < -0.4 is 10.2 Å². The van der Waals surface area contributed by atoms with E-state index in [1.165, 1.54) is 7.11 Å². The Morgan fingerprint density at radius 2 is 1.94 bits per heavy atom. The van der Waals surface area contributed by atoms with Crippen LogP contribution in [0.25, 0.3) is 11.0 Å². The van der Waals surface area contributed by atoms with Gasteiger partial charge >= 0.3 is 12.1 Å². The van der Waals surface area contributed by atoms with Gasteiger partial charge in [0, 0.05) is 23.3 Å². The number of fused-ring (bicyclic) bond motifs is 3. The number of nitrogens with one attached hydrogen (secondary N) is 1. The summed E-state index contributed by atoms with van der Waals surface area (Å²) in [4.78, 5) is 30.8. The Hall–Kier alpha value is -4.06. The predicted octanol–water partition coefficient (Wildman–Crippen LogP) is 5.37. The summed E-state index contributed by atoms with van der Waals surface area (Å²) in [5.41, 5.74) is 4.89. The zero-order chi connectivity index (χ0) is 25.4. The summed E-state index contributed by atoms with van der Waals surface area (Å²) in [6, 6.07) is 13.5. The van der Waals surface area contributed by atoms with Crippen molar-refractivity contribution in [2.75, 3.05) is 17.3 Å². The monoisotopic (exact) mass is 487 g/mol. The van der Waals surface area contributed by atoms with Crippen LogP contribution in [0.15, 0.2) is 36.4 Å². The largest absolute Gasteiger partial charge is 0.481 e. The minimum absolute atomic E-state index is 0.0158. The van der Waals surface area contributed by atoms with E-state index in [1.54, 1.807) is 17.0 Å². The van der Waals surface area contributed by atoms with Crippen LogP contribution in [-0.2, 0) is 16.0 Å². The number of aromatic nitrogens is 2. The van der Waals surface area contributed by atoms with Gasteiger partial charge in [0.15, 0.2) is 0 Å². The summed E-state index contributed by atoms with van der Waals surface area (Å²) in [6.45, 7) is 2.01. The molecule has 3 aromatic rings. The second-order valence-corrected chi connectivity index (χ2v) is 9.63. The zero-order valence-corrected chi connectivity index (χ0v) is 20.4. The number of carboxylic acids is 1. The van der Waals surface area contributed by atoms with Gasteiger partial charge < -0.3 is 19.7 Å². The van der Waals surface area contributed by atoms with Gasteiger partial charge in [-0.15, -0.1) is 0 Å². The van der Waals surface area contributed by atoms with Crippen molar-refractivity contribution in [1.82, 2.24) is 9.55 Å². The molecule has 5 rings (SSSR count). The predicted molar refractivity (Wildman–Crippen MR) is 135 cm³/mol. The first-order valence-corrected chi connectivity index (χ1v) is 12.3. The van der Waals surface area contributed by atoms with Gasteiger partial charge in [0.25, 0.3) is 0 Å². The van der Waals surface area contributed by atoms with Gasteiger partial charge in [-0.3, -0.25) is 9.69 Å². The van der Waals surface area contributed by atoms with Crippen LogP contribution in [-0.4, -0.2) is 39.9 Å². The third-order valence-electron chi connectivity index (χ3n) is 7.48. The molecule has 2 aliphatic rings. The molecule has 9 heteroatoms. The van der Waals surface area contributed by atoms with E-state index in [9.17, 15) is 20.0 Å². The number of carbonyl (C=O) groups excluding carboxylic acids is 1. The summed E-state index contributed by atoms with van der Waals surface area (Å²) in [5, 5.41) is 22.2. The number of rotatable bonds is 4. The molecule has 1 fully saturated rings. The van der Waals surface area contributed by atoms with Crippen molar-refractivity contribution in [3.05, 3.63) is 47.5 Å². The number of aliphatic carboxylic acids is 1. The number of nitriles is 1. The van der Waals surface area contributed by atoms with Crippen LogP contribution in [0.4, 0.5) is 22.1 Å². The lowest BCUT2D eigenvalue weighted by molar-refractivity contribution is -0.143. The first-order valence-electron chi connectivity index (χ1n) is 12.3. The first kappa shape index (κ1) is 23.7. The molecule has 0 saturated heterocycles. The molecule has 1 saturated carbocycles. The van der Waals surface area contributed by atoms with Gasteiger partial charge in [0.1, 0.15) is 0 Å². The standard InChI is InChI=1S/C27H29N5O4/c1-16-6-11-21-22(31(16)27(35)36-2)12-13-23-24(21)30-26(29-19-5-3-4-17(14-19)15-28)32(23)20-9-7-18(8-10-20)25(33)34/h3-5,12-14,16,18,20H,6-11H2,1-2H3,(H,29,30)(H,33,34)/t16-,18-,20-/m0/s1. The molecule has 1 amide bonds. The van der Waals surface area contributed by atoms with E-state index in [4.69, 9.17) is 9.72 Å². The number of carbonyl (C=O) groups is 2. The number of ether oxygens (including phenoxy) is 1. The summed E-state index contributed by atoms with van der Waals surface area (Å²) in [5.74, 6) is -0.403. The minimum atomic E-state index is -0.735. The number of anilines is 3. The van der Waals surface area contributed by atoms with Gasteiger partial charge in [-0.2, -0.15) is 5.26 Å².